The fourth-order valence-electron chi connectivity index (χ4n) is 2.05. The van der Waals surface area contributed by atoms with Crippen LogP contribution in [0.2, 0.25) is 0 Å². The summed E-state index contributed by atoms with van der Waals surface area (Å²) in [5.41, 5.74) is 1.24. The summed E-state index contributed by atoms with van der Waals surface area (Å²) < 4.78 is 0. The molecule has 3 unspecified atom stereocenters. The highest BCUT2D eigenvalue weighted by Crippen LogP contribution is 2.47. The fraction of sp³-hybridized carbons (Fsp3) is 0.500. The molecule has 0 aliphatic heterocycles. The van der Waals surface area contributed by atoms with Crippen molar-refractivity contribution in [2.45, 2.75) is 31.8 Å². The summed E-state index contributed by atoms with van der Waals surface area (Å²) in [4.78, 5) is 11.8. The van der Waals surface area contributed by atoms with Crippen LogP contribution in [0.3, 0.4) is 0 Å². The van der Waals surface area contributed by atoms with Crippen molar-refractivity contribution >= 4 is 5.91 Å². The van der Waals surface area contributed by atoms with Crippen LogP contribution < -0.4 is 5.32 Å². The van der Waals surface area contributed by atoms with Crippen molar-refractivity contribution in [3.8, 4) is 0 Å². The fourth-order valence-corrected chi connectivity index (χ4v) is 2.05. The molecule has 1 aliphatic carbocycles. The van der Waals surface area contributed by atoms with Crippen molar-refractivity contribution < 1.29 is 9.90 Å². The van der Waals surface area contributed by atoms with Crippen molar-refractivity contribution in [2.75, 3.05) is 6.54 Å². The van der Waals surface area contributed by atoms with Crippen LogP contribution >= 0.6 is 0 Å². The summed E-state index contributed by atoms with van der Waals surface area (Å²) in [6.07, 6.45) is 1.18. The quantitative estimate of drug-likeness (QED) is 0.813. The number of nitrogens with one attached hydrogen (secondary N) is 1. The van der Waals surface area contributed by atoms with Gasteiger partial charge in [0.2, 0.25) is 5.91 Å². The molecule has 1 fully saturated rings. The number of benzene rings is 1. The van der Waals surface area contributed by atoms with Crippen molar-refractivity contribution in [3.63, 3.8) is 0 Å². The second-order valence-corrected chi connectivity index (χ2v) is 4.67. The molecule has 1 aliphatic rings. The Morgan fingerprint density at radius 1 is 1.47 bits per heavy atom. The van der Waals surface area contributed by atoms with E-state index in [4.69, 9.17) is 0 Å². The lowest BCUT2D eigenvalue weighted by molar-refractivity contribution is -0.122. The van der Waals surface area contributed by atoms with Gasteiger partial charge in [-0.25, -0.2) is 0 Å². The molecule has 2 rings (SSSR count). The maximum Gasteiger partial charge on any atom is 0.223 e. The van der Waals surface area contributed by atoms with Gasteiger partial charge in [0, 0.05) is 12.5 Å². The van der Waals surface area contributed by atoms with Crippen molar-refractivity contribution in [1.29, 1.82) is 0 Å². The van der Waals surface area contributed by atoms with Crippen molar-refractivity contribution in [1.82, 2.24) is 5.32 Å². The zero-order chi connectivity index (χ0) is 12.3. The molecule has 2 N–H and O–H groups in total. The lowest BCUT2D eigenvalue weighted by atomic mass is 10.1. The van der Waals surface area contributed by atoms with Gasteiger partial charge >= 0.3 is 0 Å². The molecule has 1 saturated carbocycles. The third kappa shape index (κ3) is 3.07. The maximum atomic E-state index is 11.8. The Labute approximate surface area is 102 Å². The predicted molar refractivity (Wildman–Crippen MR) is 66.6 cm³/mol. The minimum absolute atomic E-state index is 0.0753. The van der Waals surface area contributed by atoms with E-state index in [1.165, 1.54) is 5.56 Å². The highest BCUT2D eigenvalue weighted by atomic mass is 16.3. The van der Waals surface area contributed by atoms with Gasteiger partial charge in [0.15, 0.2) is 0 Å². The van der Waals surface area contributed by atoms with E-state index in [2.05, 4.69) is 17.4 Å². The predicted octanol–water partition coefficient (Wildman–Crippen LogP) is 1.68. The van der Waals surface area contributed by atoms with Crippen LogP contribution in [0.25, 0.3) is 0 Å². The molecule has 1 amide bonds. The number of carbonyl (C=O) groups is 1. The van der Waals surface area contributed by atoms with Gasteiger partial charge in [-0.1, -0.05) is 37.3 Å². The first-order valence-corrected chi connectivity index (χ1v) is 6.23. The zero-order valence-electron chi connectivity index (χ0n) is 10.1. The maximum absolute atomic E-state index is 11.8. The average Bonchev–Trinajstić information content (AvgIpc) is 3.17. The Bertz CT molecular complexity index is 377. The summed E-state index contributed by atoms with van der Waals surface area (Å²) in [7, 11) is 0. The Balaban J connectivity index is 1.81. The molecule has 0 heterocycles. The SMILES string of the molecule is CCC(O)CNC(=O)C1CC1c1ccccc1. The Morgan fingerprint density at radius 3 is 2.82 bits per heavy atom. The molecule has 3 heteroatoms. The first-order chi connectivity index (χ1) is 8.22. The summed E-state index contributed by atoms with van der Waals surface area (Å²) in [5, 5.41) is 12.2. The number of hydrogen-bond donors (Lipinski definition) is 2. The monoisotopic (exact) mass is 233 g/mol. The van der Waals surface area contributed by atoms with Gasteiger partial charge in [-0.3, -0.25) is 4.79 Å². The molecule has 0 bridgehead atoms. The topological polar surface area (TPSA) is 49.3 Å². The molecular formula is C14H19NO2. The van der Waals surface area contributed by atoms with E-state index in [1.54, 1.807) is 0 Å². The first-order valence-electron chi connectivity index (χ1n) is 6.23. The largest absolute Gasteiger partial charge is 0.391 e. The van der Waals surface area contributed by atoms with Crippen LogP contribution in [-0.4, -0.2) is 23.7 Å². The van der Waals surface area contributed by atoms with E-state index in [-0.39, 0.29) is 11.8 Å². The van der Waals surface area contributed by atoms with E-state index < -0.39 is 6.10 Å². The third-order valence-electron chi connectivity index (χ3n) is 3.34. The summed E-state index contributed by atoms with van der Waals surface area (Å²) in [6, 6.07) is 10.1. The third-order valence-corrected chi connectivity index (χ3v) is 3.34. The van der Waals surface area contributed by atoms with E-state index in [0.29, 0.717) is 18.9 Å². The van der Waals surface area contributed by atoms with Gasteiger partial charge in [-0.05, 0) is 24.3 Å². The number of rotatable bonds is 5. The van der Waals surface area contributed by atoms with Crippen molar-refractivity contribution in [3.05, 3.63) is 35.9 Å². The highest BCUT2D eigenvalue weighted by Gasteiger charge is 2.43. The minimum Gasteiger partial charge on any atom is -0.391 e. The van der Waals surface area contributed by atoms with Crippen LogP contribution in [0.4, 0.5) is 0 Å². The number of carbonyl (C=O) groups excluding carboxylic acids is 1. The summed E-state index contributed by atoms with van der Waals surface area (Å²) in [6.45, 7) is 2.27. The first kappa shape index (κ1) is 12.1. The number of hydrogen-bond acceptors (Lipinski definition) is 2. The van der Waals surface area contributed by atoms with Crippen molar-refractivity contribution in [2.24, 2.45) is 5.92 Å². The smallest absolute Gasteiger partial charge is 0.223 e. The number of aliphatic hydroxyl groups is 1. The van der Waals surface area contributed by atoms with E-state index in [0.717, 1.165) is 6.42 Å². The number of amides is 1. The molecular weight excluding hydrogens is 214 g/mol. The molecule has 0 radical (unpaired) electrons. The van der Waals surface area contributed by atoms with Gasteiger partial charge in [0.05, 0.1) is 6.10 Å². The Hall–Kier alpha value is -1.35. The van der Waals surface area contributed by atoms with Crippen LogP contribution in [-0.2, 0) is 4.79 Å². The Kier molecular flexibility index (Phi) is 3.79. The molecule has 3 nitrogen and oxygen atoms in total. The molecule has 0 spiro atoms. The second-order valence-electron chi connectivity index (χ2n) is 4.67. The van der Waals surface area contributed by atoms with E-state index >= 15 is 0 Å². The second kappa shape index (κ2) is 5.32. The number of aliphatic hydroxyl groups excluding tert-OH is 1. The van der Waals surface area contributed by atoms with Gasteiger partial charge in [-0.15, -0.1) is 0 Å². The lowest BCUT2D eigenvalue weighted by Crippen LogP contribution is -2.33. The summed E-state index contributed by atoms with van der Waals surface area (Å²) in [5.74, 6) is 0.544. The standard InChI is InChI=1S/C14H19NO2/c1-2-11(16)9-15-14(17)13-8-12(13)10-6-4-3-5-7-10/h3-7,11-13,16H,2,8-9H2,1H3,(H,15,17). The lowest BCUT2D eigenvalue weighted by Gasteiger charge is -2.09. The van der Waals surface area contributed by atoms with Gasteiger partial charge < -0.3 is 10.4 Å². The van der Waals surface area contributed by atoms with Gasteiger partial charge in [-0.2, -0.15) is 0 Å². The van der Waals surface area contributed by atoms with E-state index in [1.807, 2.05) is 25.1 Å². The molecule has 0 aromatic heterocycles. The van der Waals surface area contributed by atoms with Crippen LogP contribution in [0, 0.1) is 5.92 Å². The van der Waals surface area contributed by atoms with E-state index in [9.17, 15) is 9.90 Å². The van der Waals surface area contributed by atoms with Gasteiger partial charge in [0.1, 0.15) is 0 Å². The average molecular weight is 233 g/mol. The minimum atomic E-state index is -0.423. The van der Waals surface area contributed by atoms with Crippen LogP contribution in [0.1, 0.15) is 31.2 Å². The molecule has 1 aromatic carbocycles. The Morgan fingerprint density at radius 2 is 2.18 bits per heavy atom. The molecule has 3 atom stereocenters. The van der Waals surface area contributed by atoms with Gasteiger partial charge in [0.25, 0.3) is 0 Å². The summed E-state index contributed by atoms with van der Waals surface area (Å²) >= 11 is 0. The van der Waals surface area contributed by atoms with Crippen LogP contribution in [0.15, 0.2) is 30.3 Å². The normalized spacial score (nSPS) is 24.1. The molecule has 17 heavy (non-hydrogen) atoms. The molecule has 0 saturated heterocycles. The highest BCUT2D eigenvalue weighted by molar-refractivity contribution is 5.82. The van der Waals surface area contributed by atoms with Crippen LogP contribution in [0.5, 0.6) is 0 Å². The molecule has 92 valence electrons. The molecule has 1 aromatic rings. The zero-order valence-corrected chi connectivity index (χ0v) is 10.1.